The van der Waals surface area contributed by atoms with Gasteiger partial charge in [0.2, 0.25) is 0 Å². The fourth-order valence-electron chi connectivity index (χ4n) is 10.5. The topological polar surface area (TPSA) is 66.8 Å². The predicted octanol–water partition coefficient (Wildman–Crippen LogP) is 4.94. The van der Waals surface area contributed by atoms with Gasteiger partial charge in [-0.25, -0.2) is 0 Å². The van der Waals surface area contributed by atoms with Crippen molar-refractivity contribution in [1.82, 2.24) is 4.90 Å². The molecule has 6 rings (SSSR count). The number of ether oxygens (including phenoxy) is 1. The molecule has 0 radical (unpaired) electrons. The maximum atomic E-state index is 13.6. The molecule has 1 N–H and O–H groups in total. The summed E-state index contributed by atoms with van der Waals surface area (Å²) in [6, 6.07) is 0. The van der Waals surface area contributed by atoms with Crippen LogP contribution in [0.3, 0.4) is 0 Å². The molecule has 3 saturated carbocycles. The van der Waals surface area contributed by atoms with Crippen LogP contribution in [0.25, 0.3) is 0 Å². The van der Waals surface area contributed by atoms with Gasteiger partial charge in [0, 0.05) is 12.0 Å². The largest absolute Gasteiger partial charge is 0.481 e. The summed E-state index contributed by atoms with van der Waals surface area (Å²) in [4.78, 5) is 29.4. The number of rotatable bonds is 6. The number of carboxylic acids is 1. The third-order valence-electron chi connectivity index (χ3n) is 11.6. The van der Waals surface area contributed by atoms with E-state index in [-0.39, 0.29) is 30.0 Å². The highest BCUT2D eigenvalue weighted by molar-refractivity contribution is 5.90. The summed E-state index contributed by atoms with van der Waals surface area (Å²) in [5, 5.41) is 11.2. The number of carbonyl (C=O) groups excluding carboxylic acids is 1. The Bertz CT molecular complexity index is 893. The van der Waals surface area contributed by atoms with E-state index in [4.69, 9.17) is 4.74 Å². The number of likely N-dealkylation sites (tertiary alicyclic amines) is 1. The van der Waals surface area contributed by atoms with E-state index in [2.05, 4.69) is 31.7 Å². The van der Waals surface area contributed by atoms with Gasteiger partial charge in [-0.3, -0.25) is 4.79 Å². The van der Waals surface area contributed by atoms with E-state index in [1.54, 1.807) is 0 Å². The zero-order valence-corrected chi connectivity index (χ0v) is 21.3. The number of aldehydes is 1. The fourth-order valence-corrected chi connectivity index (χ4v) is 10.5. The average molecular weight is 470 g/mol. The van der Waals surface area contributed by atoms with Crippen LogP contribution in [0.15, 0.2) is 11.6 Å². The molecule has 4 bridgehead atoms. The molecular weight excluding hydrogens is 426 g/mol. The van der Waals surface area contributed by atoms with Crippen molar-refractivity contribution in [2.75, 3.05) is 19.6 Å². The minimum atomic E-state index is -1.10. The van der Waals surface area contributed by atoms with E-state index in [1.807, 2.05) is 0 Å². The number of hydrogen-bond donors (Lipinski definition) is 1. The maximum Gasteiger partial charge on any atom is 0.315 e. The zero-order chi connectivity index (χ0) is 23.9. The van der Waals surface area contributed by atoms with Crippen LogP contribution in [0.4, 0.5) is 0 Å². The molecule has 34 heavy (non-hydrogen) atoms. The Morgan fingerprint density at radius 1 is 1.18 bits per heavy atom. The van der Waals surface area contributed by atoms with Gasteiger partial charge in [-0.1, -0.05) is 45.3 Å². The van der Waals surface area contributed by atoms with Gasteiger partial charge in [-0.2, -0.15) is 0 Å². The van der Waals surface area contributed by atoms with Gasteiger partial charge in [0.15, 0.2) is 0 Å². The molecule has 2 aliphatic heterocycles. The van der Waals surface area contributed by atoms with Crippen LogP contribution in [0, 0.1) is 45.8 Å². The third kappa shape index (κ3) is 2.64. The number of piperidine rings is 1. The Kier molecular flexibility index (Phi) is 5.39. The monoisotopic (exact) mass is 469 g/mol. The van der Waals surface area contributed by atoms with Crippen molar-refractivity contribution < 1.29 is 19.4 Å². The molecule has 2 saturated heterocycles. The van der Waals surface area contributed by atoms with Gasteiger partial charge in [-0.15, -0.1) is 0 Å². The predicted molar refractivity (Wildman–Crippen MR) is 130 cm³/mol. The number of carboxylic acid groups (broad SMARTS) is 1. The maximum absolute atomic E-state index is 13.6. The van der Waals surface area contributed by atoms with Crippen LogP contribution in [0.2, 0.25) is 0 Å². The zero-order valence-electron chi connectivity index (χ0n) is 21.3. The molecule has 5 heteroatoms. The molecule has 5 nitrogen and oxygen atoms in total. The molecule has 188 valence electrons. The number of fused-ring (bicyclic) bond motifs is 2. The standard InChI is InChI=1S/C29H43NO4/c1-18(2)24-13-20-14-27(17-31)23-9-7-19(3)22(23)15-28(20,29(24,27)26(32)33)25-10-8-21(34-25)16-30-11-5-4-6-12-30/h13,17-23,25H,4-12,14-16H2,1-3H3,(H,32,33)/t19-,20?,21?,22-,23-,25?,27?,28?,29?/m1/s1. The lowest BCUT2D eigenvalue weighted by molar-refractivity contribution is -0.197. The Hall–Kier alpha value is -1.20. The Labute approximate surface area is 204 Å². The quantitative estimate of drug-likeness (QED) is 0.441. The first kappa shape index (κ1) is 23.2. The van der Waals surface area contributed by atoms with E-state index >= 15 is 0 Å². The van der Waals surface area contributed by atoms with Crippen molar-refractivity contribution in [1.29, 1.82) is 0 Å². The first-order chi connectivity index (χ1) is 16.3. The molecule has 6 aliphatic rings. The molecule has 9 atom stereocenters. The van der Waals surface area contributed by atoms with E-state index in [1.165, 1.54) is 19.3 Å². The van der Waals surface area contributed by atoms with Gasteiger partial charge >= 0.3 is 5.97 Å². The average Bonchev–Trinajstić information content (AvgIpc) is 3.54. The molecule has 0 aromatic rings. The highest BCUT2D eigenvalue weighted by Crippen LogP contribution is 2.84. The van der Waals surface area contributed by atoms with Crippen molar-refractivity contribution >= 4 is 12.3 Å². The summed E-state index contributed by atoms with van der Waals surface area (Å²) in [6.45, 7) is 9.88. The lowest BCUT2D eigenvalue weighted by Gasteiger charge is -2.60. The summed E-state index contributed by atoms with van der Waals surface area (Å²) in [5.41, 5.74) is -1.32. The molecule has 0 aromatic heterocycles. The Morgan fingerprint density at radius 2 is 1.94 bits per heavy atom. The van der Waals surface area contributed by atoms with Crippen LogP contribution in [-0.4, -0.2) is 54.1 Å². The van der Waals surface area contributed by atoms with Gasteiger partial charge < -0.3 is 19.5 Å². The SMILES string of the molecule is CC(C)C1=CC2CC3(C=O)[C@@H]4CC[C@@H](C)[C@H]4CC2(C2CCC(CN4CCCCC4)O2)C13C(=O)O. The summed E-state index contributed by atoms with van der Waals surface area (Å²) < 4.78 is 6.93. The molecular formula is C29H43NO4. The van der Waals surface area contributed by atoms with Crippen LogP contribution >= 0.6 is 0 Å². The number of carbonyl (C=O) groups is 2. The minimum absolute atomic E-state index is 0.0635. The van der Waals surface area contributed by atoms with Crippen molar-refractivity contribution in [3.63, 3.8) is 0 Å². The second-order valence-electron chi connectivity index (χ2n) is 13.1. The second kappa shape index (κ2) is 7.90. The summed E-state index contributed by atoms with van der Waals surface area (Å²) >= 11 is 0. The van der Waals surface area contributed by atoms with E-state index in [9.17, 15) is 14.7 Å². The van der Waals surface area contributed by atoms with Crippen LogP contribution in [-0.2, 0) is 14.3 Å². The summed E-state index contributed by atoms with van der Waals surface area (Å²) in [5.74, 6) is 0.708. The molecule has 0 amide bonds. The molecule has 5 fully saturated rings. The van der Waals surface area contributed by atoms with E-state index in [0.29, 0.717) is 18.3 Å². The lowest BCUT2D eigenvalue weighted by Crippen LogP contribution is -2.65. The van der Waals surface area contributed by atoms with Crippen molar-refractivity contribution in [2.24, 2.45) is 45.8 Å². The Balaban J connectivity index is 1.43. The third-order valence-corrected chi connectivity index (χ3v) is 11.6. The van der Waals surface area contributed by atoms with Crippen molar-refractivity contribution in [2.45, 2.75) is 90.8 Å². The normalized spacial score (nSPS) is 49.9. The highest BCUT2D eigenvalue weighted by atomic mass is 16.5. The Morgan fingerprint density at radius 3 is 2.62 bits per heavy atom. The molecule has 2 heterocycles. The van der Waals surface area contributed by atoms with E-state index < -0.39 is 22.2 Å². The van der Waals surface area contributed by atoms with Crippen molar-refractivity contribution in [3.8, 4) is 0 Å². The molecule has 6 unspecified atom stereocenters. The van der Waals surface area contributed by atoms with Crippen LogP contribution in [0.5, 0.6) is 0 Å². The first-order valence-corrected chi connectivity index (χ1v) is 14.1. The van der Waals surface area contributed by atoms with Gasteiger partial charge in [0.05, 0.1) is 17.6 Å². The smallest absolute Gasteiger partial charge is 0.315 e. The number of nitrogens with zero attached hydrogens (tertiary/aromatic N) is 1. The minimum Gasteiger partial charge on any atom is -0.481 e. The number of aliphatic carboxylic acids is 1. The first-order valence-electron chi connectivity index (χ1n) is 14.1. The number of hydrogen-bond acceptors (Lipinski definition) is 4. The number of allylic oxidation sites excluding steroid dienone is 1. The lowest BCUT2D eigenvalue weighted by atomic mass is 9.41. The van der Waals surface area contributed by atoms with E-state index in [0.717, 1.165) is 63.6 Å². The molecule has 0 spiro atoms. The highest BCUT2D eigenvalue weighted by Gasteiger charge is 2.86. The van der Waals surface area contributed by atoms with Crippen LogP contribution < -0.4 is 0 Å². The van der Waals surface area contributed by atoms with Crippen LogP contribution in [0.1, 0.15) is 78.6 Å². The van der Waals surface area contributed by atoms with Gasteiger partial charge in [0.1, 0.15) is 11.7 Å². The summed E-state index contributed by atoms with van der Waals surface area (Å²) in [6.07, 6.45) is 13.1. The molecule has 0 aromatic carbocycles. The van der Waals surface area contributed by atoms with Gasteiger partial charge in [-0.05, 0) is 87.6 Å². The molecule has 4 aliphatic carbocycles. The fraction of sp³-hybridized carbons (Fsp3) is 0.862. The van der Waals surface area contributed by atoms with Gasteiger partial charge in [0.25, 0.3) is 0 Å². The summed E-state index contributed by atoms with van der Waals surface area (Å²) in [7, 11) is 0. The van der Waals surface area contributed by atoms with Crippen molar-refractivity contribution in [3.05, 3.63) is 11.6 Å². The second-order valence-corrected chi connectivity index (χ2v) is 13.1.